The van der Waals surface area contributed by atoms with Crippen LogP contribution in [0.3, 0.4) is 0 Å². The van der Waals surface area contributed by atoms with Crippen molar-refractivity contribution in [3.8, 4) is 5.75 Å². The van der Waals surface area contributed by atoms with E-state index in [1.807, 2.05) is 31.2 Å². The second-order valence-electron chi connectivity index (χ2n) is 4.96. The van der Waals surface area contributed by atoms with Crippen LogP contribution in [-0.4, -0.2) is 13.7 Å². The summed E-state index contributed by atoms with van der Waals surface area (Å²) in [6.45, 7) is 2.41. The molecule has 21 heavy (non-hydrogen) atoms. The van der Waals surface area contributed by atoms with Gasteiger partial charge in [0.05, 0.1) is 6.61 Å². The minimum atomic E-state index is -0.439. The van der Waals surface area contributed by atoms with Gasteiger partial charge in [0.2, 0.25) is 0 Å². The van der Waals surface area contributed by atoms with Gasteiger partial charge < -0.3 is 10.1 Å². The molecule has 0 saturated carbocycles. The normalized spacial score (nSPS) is 12.2. The Kier molecular flexibility index (Phi) is 5.28. The SMILES string of the molecule is CNC(CCOc1cccc(C)c1)c1cc(F)ccc1F. The van der Waals surface area contributed by atoms with Crippen LogP contribution < -0.4 is 10.1 Å². The van der Waals surface area contributed by atoms with Gasteiger partial charge in [-0.1, -0.05) is 12.1 Å². The Morgan fingerprint density at radius 1 is 1.14 bits per heavy atom. The summed E-state index contributed by atoms with van der Waals surface area (Å²) >= 11 is 0. The Balaban J connectivity index is 1.98. The van der Waals surface area contributed by atoms with Crippen molar-refractivity contribution in [3.63, 3.8) is 0 Å². The van der Waals surface area contributed by atoms with E-state index in [2.05, 4.69) is 5.32 Å². The monoisotopic (exact) mass is 291 g/mol. The Bertz CT molecular complexity index is 601. The number of halogens is 2. The average Bonchev–Trinajstić information content (AvgIpc) is 2.47. The maximum absolute atomic E-state index is 13.8. The molecule has 2 aromatic carbocycles. The van der Waals surface area contributed by atoms with E-state index in [4.69, 9.17) is 4.74 Å². The van der Waals surface area contributed by atoms with E-state index in [9.17, 15) is 8.78 Å². The third kappa shape index (κ3) is 4.26. The number of hydrogen-bond donors (Lipinski definition) is 1. The Morgan fingerprint density at radius 3 is 2.67 bits per heavy atom. The van der Waals surface area contributed by atoms with Crippen molar-refractivity contribution < 1.29 is 13.5 Å². The molecule has 0 fully saturated rings. The van der Waals surface area contributed by atoms with Crippen molar-refractivity contribution in [2.45, 2.75) is 19.4 Å². The lowest BCUT2D eigenvalue weighted by Crippen LogP contribution is -2.20. The molecule has 2 aromatic rings. The summed E-state index contributed by atoms with van der Waals surface area (Å²) in [5, 5.41) is 3.00. The van der Waals surface area contributed by atoms with Gasteiger partial charge in [-0.25, -0.2) is 8.78 Å². The highest BCUT2D eigenvalue weighted by Gasteiger charge is 2.15. The standard InChI is InChI=1S/C17H19F2NO/c1-12-4-3-5-14(10-12)21-9-8-17(20-2)15-11-13(18)6-7-16(15)19/h3-7,10-11,17,20H,8-9H2,1-2H3. The van der Waals surface area contributed by atoms with Gasteiger partial charge in [0.15, 0.2) is 0 Å². The molecule has 0 aliphatic rings. The van der Waals surface area contributed by atoms with Crippen LogP contribution in [0.4, 0.5) is 8.78 Å². The predicted octanol–water partition coefficient (Wildman–Crippen LogP) is 4.00. The molecule has 2 rings (SSSR count). The lowest BCUT2D eigenvalue weighted by atomic mass is 10.0. The number of aryl methyl sites for hydroxylation is 1. The van der Waals surface area contributed by atoms with Crippen LogP contribution in [0, 0.1) is 18.6 Å². The van der Waals surface area contributed by atoms with Gasteiger partial charge in [-0.05, 0) is 49.9 Å². The van der Waals surface area contributed by atoms with E-state index in [1.165, 1.54) is 6.07 Å². The highest BCUT2D eigenvalue weighted by atomic mass is 19.1. The van der Waals surface area contributed by atoms with E-state index in [0.29, 0.717) is 18.6 Å². The van der Waals surface area contributed by atoms with Gasteiger partial charge in [-0.3, -0.25) is 0 Å². The summed E-state index contributed by atoms with van der Waals surface area (Å²) in [7, 11) is 1.72. The number of rotatable bonds is 6. The van der Waals surface area contributed by atoms with Crippen molar-refractivity contribution in [2.75, 3.05) is 13.7 Å². The van der Waals surface area contributed by atoms with Crippen LogP contribution in [0.25, 0.3) is 0 Å². The Morgan fingerprint density at radius 2 is 1.95 bits per heavy atom. The van der Waals surface area contributed by atoms with E-state index < -0.39 is 11.6 Å². The summed E-state index contributed by atoms with van der Waals surface area (Å²) < 4.78 is 32.7. The maximum Gasteiger partial charge on any atom is 0.128 e. The van der Waals surface area contributed by atoms with Crippen molar-refractivity contribution in [1.82, 2.24) is 5.32 Å². The minimum Gasteiger partial charge on any atom is -0.494 e. The summed E-state index contributed by atoms with van der Waals surface area (Å²) in [5.74, 6) is -0.0675. The molecular formula is C17H19F2NO. The summed E-state index contributed by atoms with van der Waals surface area (Å²) in [4.78, 5) is 0. The molecule has 0 radical (unpaired) electrons. The van der Waals surface area contributed by atoms with Gasteiger partial charge in [0.1, 0.15) is 17.4 Å². The minimum absolute atomic E-state index is 0.287. The number of hydrogen-bond acceptors (Lipinski definition) is 2. The molecule has 0 aliphatic heterocycles. The highest BCUT2D eigenvalue weighted by molar-refractivity contribution is 5.27. The van der Waals surface area contributed by atoms with Gasteiger partial charge >= 0.3 is 0 Å². The number of benzene rings is 2. The molecule has 112 valence electrons. The van der Waals surface area contributed by atoms with Gasteiger partial charge in [0.25, 0.3) is 0 Å². The van der Waals surface area contributed by atoms with Crippen LogP contribution in [-0.2, 0) is 0 Å². The van der Waals surface area contributed by atoms with Crippen LogP contribution in [0.2, 0.25) is 0 Å². The molecule has 0 saturated heterocycles. The van der Waals surface area contributed by atoms with Gasteiger partial charge in [-0.2, -0.15) is 0 Å². The quantitative estimate of drug-likeness (QED) is 0.868. The molecule has 0 heterocycles. The average molecular weight is 291 g/mol. The van der Waals surface area contributed by atoms with E-state index in [-0.39, 0.29) is 6.04 Å². The fourth-order valence-corrected chi connectivity index (χ4v) is 2.24. The zero-order chi connectivity index (χ0) is 15.2. The van der Waals surface area contributed by atoms with Crippen molar-refractivity contribution in [1.29, 1.82) is 0 Å². The van der Waals surface area contributed by atoms with Crippen molar-refractivity contribution in [2.24, 2.45) is 0 Å². The first kappa shape index (κ1) is 15.4. The molecule has 1 atom stereocenters. The zero-order valence-electron chi connectivity index (χ0n) is 12.2. The third-order valence-corrected chi connectivity index (χ3v) is 3.35. The molecule has 1 unspecified atom stereocenters. The molecule has 0 amide bonds. The van der Waals surface area contributed by atoms with E-state index in [1.54, 1.807) is 7.05 Å². The summed E-state index contributed by atoms with van der Waals surface area (Å²) in [6, 6.07) is 10.9. The van der Waals surface area contributed by atoms with Crippen molar-refractivity contribution >= 4 is 0 Å². The first-order chi connectivity index (χ1) is 10.1. The van der Waals surface area contributed by atoms with Gasteiger partial charge in [0, 0.05) is 18.0 Å². The molecule has 0 bridgehead atoms. The van der Waals surface area contributed by atoms with Crippen LogP contribution >= 0.6 is 0 Å². The number of ether oxygens (including phenoxy) is 1. The molecule has 1 N–H and O–H groups in total. The maximum atomic E-state index is 13.8. The van der Waals surface area contributed by atoms with Crippen LogP contribution in [0.5, 0.6) is 5.75 Å². The molecule has 0 spiro atoms. The molecule has 0 aliphatic carbocycles. The molecular weight excluding hydrogens is 272 g/mol. The van der Waals surface area contributed by atoms with Crippen molar-refractivity contribution in [3.05, 3.63) is 65.2 Å². The molecule has 0 aromatic heterocycles. The Hall–Kier alpha value is -1.94. The largest absolute Gasteiger partial charge is 0.494 e. The topological polar surface area (TPSA) is 21.3 Å². The molecule has 4 heteroatoms. The first-order valence-electron chi connectivity index (χ1n) is 6.92. The van der Waals surface area contributed by atoms with E-state index >= 15 is 0 Å². The second kappa shape index (κ2) is 7.18. The van der Waals surface area contributed by atoms with Gasteiger partial charge in [-0.15, -0.1) is 0 Å². The summed E-state index contributed by atoms with van der Waals surface area (Å²) in [5.41, 5.74) is 1.44. The summed E-state index contributed by atoms with van der Waals surface area (Å²) in [6.07, 6.45) is 0.546. The lowest BCUT2D eigenvalue weighted by molar-refractivity contribution is 0.288. The number of nitrogens with one attached hydrogen (secondary N) is 1. The smallest absolute Gasteiger partial charge is 0.128 e. The highest BCUT2D eigenvalue weighted by Crippen LogP contribution is 2.22. The van der Waals surface area contributed by atoms with E-state index in [0.717, 1.165) is 23.4 Å². The lowest BCUT2D eigenvalue weighted by Gasteiger charge is -2.18. The predicted molar refractivity (Wildman–Crippen MR) is 79.4 cm³/mol. The fourth-order valence-electron chi connectivity index (χ4n) is 2.24. The zero-order valence-corrected chi connectivity index (χ0v) is 12.2. The Labute approximate surface area is 123 Å². The fraction of sp³-hybridized carbons (Fsp3) is 0.294. The molecule has 2 nitrogen and oxygen atoms in total. The van der Waals surface area contributed by atoms with Crippen LogP contribution in [0.15, 0.2) is 42.5 Å². The first-order valence-corrected chi connectivity index (χ1v) is 6.92. The second-order valence-corrected chi connectivity index (χ2v) is 4.96. The van der Waals surface area contributed by atoms with Crippen LogP contribution in [0.1, 0.15) is 23.6 Å². The third-order valence-electron chi connectivity index (χ3n) is 3.35.